The lowest BCUT2D eigenvalue weighted by Crippen LogP contribution is -2.18. The average molecular weight is 155 g/mol. The molecule has 0 aliphatic carbocycles. The molecule has 0 aromatic heterocycles. The average Bonchev–Trinajstić information content (AvgIpc) is 1.85. The van der Waals surface area contributed by atoms with Crippen molar-refractivity contribution < 1.29 is 5.11 Å². The molecule has 0 aromatic rings. The normalized spacial score (nSPS) is 14.5. The van der Waals surface area contributed by atoms with E-state index in [2.05, 4.69) is 6.92 Å². The van der Waals surface area contributed by atoms with Crippen LogP contribution in [-0.4, -0.2) is 10.7 Å². The zero-order valence-electron chi connectivity index (χ0n) is 7.80. The van der Waals surface area contributed by atoms with Crippen LogP contribution in [0.2, 0.25) is 0 Å². The zero-order valence-corrected chi connectivity index (χ0v) is 7.80. The first-order valence-corrected chi connectivity index (χ1v) is 4.23. The van der Waals surface area contributed by atoms with Crippen LogP contribution in [0.4, 0.5) is 0 Å². The highest BCUT2D eigenvalue weighted by Crippen LogP contribution is 2.15. The van der Waals surface area contributed by atoms with Crippen LogP contribution in [0, 0.1) is 12.5 Å². The highest BCUT2D eigenvalue weighted by molar-refractivity contribution is 4.73. The smallest absolute Gasteiger partial charge is 0.0591 e. The number of rotatable bonds is 5. The summed E-state index contributed by atoms with van der Waals surface area (Å²) in [5.74, 6) is 0.470. The lowest BCUT2D eigenvalue weighted by atomic mass is 9.97. The second-order valence-electron chi connectivity index (χ2n) is 3.87. The van der Waals surface area contributed by atoms with Crippen molar-refractivity contribution in [3.63, 3.8) is 0 Å². The van der Waals surface area contributed by atoms with Gasteiger partial charge < -0.3 is 5.11 Å². The summed E-state index contributed by atoms with van der Waals surface area (Å²) in [5.41, 5.74) is -0.520. The first kappa shape index (κ1) is 10.7. The first-order chi connectivity index (χ1) is 4.95. The third-order valence-corrected chi connectivity index (χ3v) is 1.78. The van der Waals surface area contributed by atoms with Gasteiger partial charge in [0.05, 0.1) is 5.60 Å². The van der Waals surface area contributed by atoms with E-state index in [1.807, 2.05) is 13.8 Å². The fraction of sp³-hybridized carbons (Fsp3) is 0.800. The topological polar surface area (TPSA) is 20.2 Å². The number of allylic oxidation sites excluding steroid dienone is 1. The Morgan fingerprint density at radius 3 is 2.45 bits per heavy atom. The maximum Gasteiger partial charge on any atom is 0.0591 e. The van der Waals surface area contributed by atoms with Gasteiger partial charge in [0.25, 0.3) is 0 Å². The molecule has 1 heteroatoms. The molecule has 0 aliphatic heterocycles. The molecule has 0 spiro atoms. The molecule has 0 amide bonds. The van der Waals surface area contributed by atoms with E-state index in [1.54, 1.807) is 6.08 Å². The van der Waals surface area contributed by atoms with Crippen molar-refractivity contribution in [3.8, 4) is 0 Å². The van der Waals surface area contributed by atoms with Gasteiger partial charge >= 0.3 is 0 Å². The van der Waals surface area contributed by atoms with Crippen molar-refractivity contribution >= 4 is 0 Å². The number of hydrogen-bond acceptors (Lipinski definition) is 1. The molecule has 11 heavy (non-hydrogen) atoms. The van der Waals surface area contributed by atoms with Crippen LogP contribution in [0.25, 0.3) is 0 Å². The van der Waals surface area contributed by atoms with Gasteiger partial charge in [0.1, 0.15) is 0 Å². The standard InChI is InChI=1S/C10H19O/c1-5-9(2)7-6-8-10(3,4)11/h1,5,9,11H,6-8H2,2-4H3. The van der Waals surface area contributed by atoms with E-state index < -0.39 is 5.60 Å². The van der Waals surface area contributed by atoms with Crippen LogP contribution < -0.4 is 0 Å². The van der Waals surface area contributed by atoms with Gasteiger partial charge in [-0.15, -0.1) is 0 Å². The van der Waals surface area contributed by atoms with Gasteiger partial charge in [-0.1, -0.05) is 26.0 Å². The third kappa shape index (κ3) is 7.60. The lowest BCUT2D eigenvalue weighted by molar-refractivity contribution is 0.0675. The molecule has 0 saturated heterocycles. The summed E-state index contributed by atoms with van der Waals surface area (Å²) in [7, 11) is 0. The Hall–Kier alpha value is -0.300. The fourth-order valence-electron chi connectivity index (χ4n) is 0.953. The predicted octanol–water partition coefficient (Wildman–Crippen LogP) is 2.55. The van der Waals surface area contributed by atoms with E-state index in [0.717, 1.165) is 19.3 Å². The van der Waals surface area contributed by atoms with Crippen molar-refractivity contribution in [1.82, 2.24) is 0 Å². The van der Waals surface area contributed by atoms with Crippen LogP contribution in [-0.2, 0) is 0 Å². The molecule has 0 heterocycles. The molecule has 0 bridgehead atoms. The summed E-state index contributed by atoms with van der Waals surface area (Å²) in [6.45, 7) is 11.1. The third-order valence-electron chi connectivity index (χ3n) is 1.78. The SMILES string of the molecule is [CH]=CC(C)CCCC(C)(C)O. The molecule has 0 aromatic carbocycles. The Morgan fingerprint density at radius 2 is 2.09 bits per heavy atom. The van der Waals surface area contributed by atoms with Gasteiger partial charge in [-0.05, 0) is 32.6 Å². The molecule has 0 rings (SSSR count). The molecular formula is C10H19O. The Labute approximate surface area is 70.1 Å². The molecule has 1 atom stereocenters. The minimum Gasteiger partial charge on any atom is -0.390 e. The second kappa shape index (κ2) is 4.55. The second-order valence-corrected chi connectivity index (χ2v) is 3.87. The Bertz CT molecular complexity index is 111. The molecular weight excluding hydrogens is 136 g/mol. The Kier molecular flexibility index (Phi) is 4.43. The largest absolute Gasteiger partial charge is 0.390 e. The van der Waals surface area contributed by atoms with Crippen LogP contribution in [0.3, 0.4) is 0 Å². The van der Waals surface area contributed by atoms with Crippen molar-refractivity contribution in [2.45, 2.75) is 45.6 Å². The van der Waals surface area contributed by atoms with Crippen molar-refractivity contribution in [2.75, 3.05) is 0 Å². The van der Waals surface area contributed by atoms with Crippen LogP contribution >= 0.6 is 0 Å². The van der Waals surface area contributed by atoms with Crippen LogP contribution in [0.5, 0.6) is 0 Å². The zero-order chi connectivity index (χ0) is 8.91. The van der Waals surface area contributed by atoms with E-state index in [9.17, 15) is 5.11 Å². The van der Waals surface area contributed by atoms with E-state index in [0.29, 0.717) is 5.92 Å². The van der Waals surface area contributed by atoms with Gasteiger partial charge in [-0.25, -0.2) is 0 Å². The number of hydrogen-bond donors (Lipinski definition) is 1. The van der Waals surface area contributed by atoms with Gasteiger partial charge in [-0.3, -0.25) is 0 Å². The monoisotopic (exact) mass is 155 g/mol. The molecule has 0 aliphatic rings. The molecule has 0 saturated carbocycles. The fourth-order valence-corrected chi connectivity index (χ4v) is 0.953. The molecule has 1 nitrogen and oxygen atoms in total. The maximum absolute atomic E-state index is 9.36. The van der Waals surface area contributed by atoms with Crippen molar-refractivity contribution in [3.05, 3.63) is 12.7 Å². The maximum atomic E-state index is 9.36. The van der Waals surface area contributed by atoms with Crippen LogP contribution in [0.1, 0.15) is 40.0 Å². The minimum atomic E-state index is -0.520. The lowest BCUT2D eigenvalue weighted by Gasteiger charge is -2.17. The Balaban J connectivity index is 3.35. The summed E-state index contributed by atoms with van der Waals surface area (Å²) in [4.78, 5) is 0. The van der Waals surface area contributed by atoms with Gasteiger partial charge in [0.2, 0.25) is 0 Å². The highest BCUT2D eigenvalue weighted by Gasteiger charge is 2.11. The van der Waals surface area contributed by atoms with Gasteiger partial charge in [-0.2, -0.15) is 0 Å². The molecule has 1 radical (unpaired) electrons. The summed E-state index contributed by atoms with van der Waals surface area (Å²) in [6, 6.07) is 0. The van der Waals surface area contributed by atoms with E-state index in [4.69, 9.17) is 6.58 Å². The van der Waals surface area contributed by atoms with Crippen molar-refractivity contribution in [1.29, 1.82) is 0 Å². The minimum absolute atomic E-state index is 0.470. The summed E-state index contributed by atoms with van der Waals surface area (Å²) >= 11 is 0. The summed E-state index contributed by atoms with van der Waals surface area (Å²) in [5, 5.41) is 9.36. The highest BCUT2D eigenvalue weighted by atomic mass is 16.3. The molecule has 1 unspecified atom stereocenters. The predicted molar refractivity (Wildman–Crippen MR) is 48.2 cm³/mol. The quantitative estimate of drug-likeness (QED) is 0.647. The van der Waals surface area contributed by atoms with E-state index >= 15 is 0 Å². The molecule has 0 fully saturated rings. The van der Waals surface area contributed by atoms with Gasteiger partial charge in [0, 0.05) is 0 Å². The summed E-state index contributed by atoms with van der Waals surface area (Å²) in [6.07, 6.45) is 4.68. The molecule has 1 N–H and O–H groups in total. The Morgan fingerprint density at radius 1 is 1.55 bits per heavy atom. The van der Waals surface area contributed by atoms with Gasteiger partial charge in [0.15, 0.2) is 0 Å². The first-order valence-electron chi connectivity index (χ1n) is 4.23. The molecule has 65 valence electrons. The van der Waals surface area contributed by atoms with Crippen molar-refractivity contribution in [2.24, 2.45) is 5.92 Å². The van der Waals surface area contributed by atoms with Crippen LogP contribution in [0.15, 0.2) is 6.08 Å². The van der Waals surface area contributed by atoms with E-state index in [1.165, 1.54) is 0 Å². The number of aliphatic hydroxyl groups is 1. The van der Waals surface area contributed by atoms with E-state index in [-0.39, 0.29) is 0 Å². The summed E-state index contributed by atoms with van der Waals surface area (Å²) < 4.78 is 0.